The summed E-state index contributed by atoms with van der Waals surface area (Å²) in [6.45, 7) is 7.04. The Balaban J connectivity index is 1.94. The number of hydrogen-bond donors (Lipinski definition) is 1. The van der Waals surface area contributed by atoms with E-state index in [1.165, 1.54) is 5.56 Å². The molecule has 0 amide bonds. The molecule has 0 bridgehead atoms. The molecule has 2 rings (SSSR count). The van der Waals surface area contributed by atoms with Gasteiger partial charge in [0.2, 0.25) is 0 Å². The highest BCUT2D eigenvalue weighted by molar-refractivity contribution is 5.23. The number of rotatable bonds is 5. The summed E-state index contributed by atoms with van der Waals surface area (Å²) < 4.78 is 0. The van der Waals surface area contributed by atoms with Crippen molar-refractivity contribution in [2.45, 2.75) is 38.1 Å². The van der Waals surface area contributed by atoms with Gasteiger partial charge in [0.05, 0.1) is 0 Å². The first-order chi connectivity index (χ1) is 8.19. The predicted octanol–water partition coefficient (Wildman–Crippen LogP) is 2.64. The quantitative estimate of drug-likeness (QED) is 0.845. The van der Waals surface area contributed by atoms with Crippen LogP contribution in [0.25, 0.3) is 0 Å². The topological polar surface area (TPSA) is 23.5 Å². The van der Waals surface area contributed by atoms with E-state index in [-0.39, 0.29) is 12.1 Å². The van der Waals surface area contributed by atoms with Gasteiger partial charge >= 0.3 is 0 Å². The molecule has 1 fully saturated rings. The van der Waals surface area contributed by atoms with Gasteiger partial charge in [0.15, 0.2) is 0 Å². The van der Waals surface area contributed by atoms with Gasteiger partial charge in [0.1, 0.15) is 0 Å². The summed E-state index contributed by atoms with van der Waals surface area (Å²) in [5.74, 6) is 0.681. The SMILES string of the molecule is CCC(C)(CCO)N1CC(c2ccccc2)C1. The smallest absolute Gasteiger partial charge is 0.0448 e. The Morgan fingerprint density at radius 2 is 1.94 bits per heavy atom. The molecule has 0 spiro atoms. The third-order valence-electron chi connectivity index (χ3n) is 4.33. The lowest BCUT2D eigenvalue weighted by Gasteiger charge is -2.51. The maximum Gasteiger partial charge on any atom is 0.0448 e. The molecule has 0 saturated carbocycles. The van der Waals surface area contributed by atoms with Crippen LogP contribution in [-0.4, -0.2) is 35.2 Å². The monoisotopic (exact) mass is 233 g/mol. The van der Waals surface area contributed by atoms with Crippen LogP contribution >= 0.6 is 0 Å². The Kier molecular flexibility index (Phi) is 3.85. The molecule has 17 heavy (non-hydrogen) atoms. The summed E-state index contributed by atoms with van der Waals surface area (Å²) in [6.07, 6.45) is 1.99. The molecule has 1 unspecified atom stereocenters. The van der Waals surface area contributed by atoms with Crippen LogP contribution in [0, 0.1) is 0 Å². The van der Waals surface area contributed by atoms with E-state index in [2.05, 4.69) is 49.1 Å². The van der Waals surface area contributed by atoms with Crippen molar-refractivity contribution in [2.24, 2.45) is 0 Å². The summed E-state index contributed by atoms with van der Waals surface area (Å²) in [4.78, 5) is 2.51. The van der Waals surface area contributed by atoms with Crippen LogP contribution in [0.2, 0.25) is 0 Å². The van der Waals surface area contributed by atoms with Crippen molar-refractivity contribution in [1.82, 2.24) is 4.90 Å². The van der Waals surface area contributed by atoms with Gasteiger partial charge in [-0.25, -0.2) is 0 Å². The summed E-state index contributed by atoms with van der Waals surface area (Å²) in [7, 11) is 0. The second-order valence-electron chi connectivity index (χ2n) is 5.34. The molecule has 1 aliphatic rings. The Bertz CT molecular complexity index is 345. The van der Waals surface area contributed by atoms with Gasteiger partial charge in [0, 0.05) is 31.2 Å². The molecule has 1 N–H and O–H groups in total. The number of aliphatic hydroxyl groups excluding tert-OH is 1. The van der Waals surface area contributed by atoms with Gasteiger partial charge in [-0.15, -0.1) is 0 Å². The third kappa shape index (κ3) is 2.53. The lowest BCUT2D eigenvalue weighted by molar-refractivity contribution is 0.00417. The summed E-state index contributed by atoms with van der Waals surface area (Å²) in [6, 6.07) is 10.7. The highest BCUT2D eigenvalue weighted by Crippen LogP contribution is 2.35. The van der Waals surface area contributed by atoms with Crippen molar-refractivity contribution in [3.63, 3.8) is 0 Å². The number of benzene rings is 1. The van der Waals surface area contributed by atoms with Gasteiger partial charge in [-0.2, -0.15) is 0 Å². The highest BCUT2D eigenvalue weighted by Gasteiger charge is 2.39. The molecule has 94 valence electrons. The summed E-state index contributed by atoms with van der Waals surface area (Å²) >= 11 is 0. The van der Waals surface area contributed by atoms with E-state index in [1.54, 1.807) is 0 Å². The minimum absolute atomic E-state index is 0.181. The standard InChI is InChI=1S/C15H23NO/c1-3-15(2,9-10-17)16-11-14(12-16)13-7-5-4-6-8-13/h4-8,14,17H,3,9-12H2,1-2H3. The number of nitrogens with zero attached hydrogens (tertiary/aromatic N) is 1. The molecule has 2 heteroatoms. The maximum atomic E-state index is 9.16. The average Bonchev–Trinajstić information content (AvgIpc) is 2.29. The van der Waals surface area contributed by atoms with Crippen molar-refractivity contribution in [3.8, 4) is 0 Å². The van der Waals surface area contributed by atoms with Crippen molar-refractivity contribution in [1.29, 1.82) is 0 Å². The minimum atomic E-state index is 0.181. The normalized spacial score (nSPS) is 20.9. The first-order valence-corrected chi connectivity index (χ1v) is 6.60. The van der Waals surface area contributed by atoms with Crippen molar-refractivity contribution < 1.29 is 5.11 Å². The zero-order valence-corrected chi connectivity index (χ0v) is 10.9. The highest BCUT2D eigenvalue weighted by atomic mass is 16.3. The second kappa shape index (κ2) is 5.19. The van der Waals surface area contributed by atoms with Crippen molar-refractivity contribution >= 4 is 0 Å². The molecule has 2 nitrogen and oxygen atoms in total. The Morgan fingerprint density at radius 3 is 2.47 bits per heavy atom. The summed E-state index contributed by atoms with van der Waals surface area (Å²) in [5.41, 5.74) is 1.63. The van der Waals surface area contributed by atoms with Crippen LogP contribution < -0.4 is 0 Å². The van der Waals surface area contributed by atoms with Crippen LogP contribution in [0.1, 0.15) is 38.2 Å². The fourth-order valence-corrected chi connectivity index (χ4v) is 2.65. The Morgan fingerprint density at radius 1 is 1.29 bits per heavy atom. The predicted molar refractivity (Wildman–Crippen MR) is 71.2 cm³/mol. The molecule has 1 aromatic carbocycles. The fraction of sp³-hybridized carbons (Fsp3) is 0.600. The molecule has 1 atom stereocenters. The van der Waals surface area contributed by atoms with E-state index < -0.39 is 0 Å². The second-order valence-corrected chi connectivity index (χ2v) is 5.34. The van der Waals surface area contributed by atoms with Gasteiger partial charge in [-0.3, -0.25) is 4.90 Å². The lowest BCUT2D eigenvalue weighted by atomic mass is 9.83. The molecule has 1 saturated heterocycles. The third-order valence-corrected chi connectivity index (χ3v) is 4.33. The maximum absolute atomic E-state index is 9.16. The number of aliphatic hydroxyl groups is 1. The van der Waals surface area contributed by atoms with Gasteiger partial charge < -0.3 is 5.11 Å². The van der Waals surface area contributed by atoms with Crippen LogP contribution in [0.5, 0.6) is 0 Å². The van der Waals surface area contributed by atoms with E-state index in [9.17, 15) is 0 Å². The first-order valence-electron chi connectivity index (χ1n) is 6.60. The van der Waals surface area contributed by atoms with E-state index in [1.807, 2.05) is 0 Å². The molecular weight excluding hydrogens is 210 g/mol. The summed E-state index contributed by atoms with van der Waals surface area (Å²) in [5, 5.41) is 9.16. The van der Waals surface area contributed by atoms with E-state index >= 15 is 0 Å². The molecule has 0 radical (unpaired) electrons. The van der Waals surface area contributed by atoms with E-state index in [4.69, 9.17) is 5.11 Å². The van der Waals surface area contributed by atoms with Crippen molar-refractivity contribution in [2.75, 3.05) is 19.7 Å². The lowest BCUT2D eigenvalue weighted by Crippen LogP contribution is -2.57. The molecule has 1 aromatic rings. The fourth-order valence-electron chi connectivity index (χ4n) is 2.65. The molecular formula is C15H23NO. The Labute approximate surface area is 104 Å². The average molecular weight is 233 g/mol. The molecule has 1 aliphatic heterocycles. The Hall–Kier alpha value is -0.860. The first kappa shape index (κ1) is 12.6. The van der Waals surface area contributed by atoms with Crippen LogP contribution in [0.15, 0.2) is 30.3 Å². The minimum Gasteiger partial charge on any atom is -0.396 e. The molecule has 1 heterocycles. The van der Waals surface area contributed by atoms with Crippen LogP contribution in [0.3, 0.4) is 0 Å². The van der Waals surface area contributed by atoms with E-state index in [0.717, 1.165) is 25.9 Å². The largest absolute Gasteiger partial charge is 0.396 e. The zero-order chi connectivity index (χ0) is 12.3. The number of hydrogen-bond acceptors (Lipinski definition) is 2. The van der Waals surface area contributed by atoms with Gasteiger partial charge in [0.25, 0.3) is 0 Å². The van der Waals surface area contributed by atoms with Gasteiger partial charge in [-0.05, 0) is 25.3 Å². The number of likely N-dealkylation sites (tertiary alicyclic amines) is 1. The van der Waals surface area contributed by atoms with Crippen LogP contribution in [0.4, 0.5) is 0 Å². The van der Waals surface area contributed by atoms with Gasteiger partial charge in [-0.1, -0.05) is 37.3 Å². The van der Waals surface area contributed by atoms with Crippen LogP contribution in [-0.2, 0) is 0 Å². The zero-order valence-electron chi connectivity index (χ0n) is 10.9. The molecule has 0 aromatic heterocycles. The van der Waals surface area contributed by atoms with Crippen molar-refractivity contribution in [3.05, 3.63) is 35.9 Å². The molecule has 0 aliphatic carbocycles. The van der Waals surface area contributed by atoms with E-state index in [0.29, 0.717) is 5.92 Å².